The summed E-state index contributed by atoms with van der Waals surface area (Å²) in [5.41, 5.74) is -0.457. The fraction of sp³-hybridized carbons (Fsp3) is 0.828. The molecule has 0 radical (unpaired) electrons. The Morgan fingerprint density at radius 3 is 1.12 bits per heavy atom. The minimum absolute atomic E-state index is 0.0424. The van der Waals surface area contributed by atoms with Crippen LogP contribution in [0.25, 0.3) is 0 Å². The Bertz CT molecular complexity index is 625. The summed E-state index contributed by atoms with van der Waals surface area (Å²) in [6.07, 6.45) is 10.3. The minimum Gasteiger partial charge on any atom is -0.460 e. The summed E-state index contributed by atoms with van der Waals surface area (Å²) in [4.78, 5) is 11.4. The molecule has 0 atom stereocenters. The Labute approximate surface area is 246 Å². The van der Waals surface area contributed by atoms with Crippen molar-refractivity contribution in [1.29, 1.82) is 0 Å². The Morgan fingerprint density at radius 2 is 0.829 bits per heavy atom. The SMILES string of the molecule is C#CCOCCOCCOCCOCCO.C#CCOCCOCCOCCOCCOCCC(=O)OC(C)(C)C. The lowest BCUT2D eigenvalue weighted by atomic mass is 10.2. The lowest BCUT2D eigenvalue weighted by Crippen LogP contribution is -2.24. The van der Waals surface area contributed by atoms with Crippen molar-refractivity contribution in [2.75, 3.05) is 126 Å². The van der Waals surface area contributed by atoms with Gasteiger partial charge in [-0.2, -0.15) is 0 Å². The predicted octanol–water partition coefficient (Wildman–Crippen LogP) is 1.11. The molecule has 0 aromatic heterocycles. The summed E-state index contributed by atoms with van der Waals surface area (Å²) in [6.45, 7) is 13.8. The van der Waals surface area contributed by atoms with Crippen LogP contribution in [0.1, 0.15) is 27.2 Å². The molecule has 0 aromatic rings. The van der Waals surface area contributed by atoms with E-state index in [4.69, 9.17) is 65.3 Å². The first kappa shape index (κ1) is 41.3. The van der Waals surface area contributed by atoms with Gasteiger partial charge in [0, 0.05) is 0 Å². The average molecular weight is 593 g/mol. The van der Waals surface area contributed by atoms with Gasteiger partial charge in [0.2, 0.25) is 0 Å². The maximum absolute atomic E-state index is 11.4. The number of aliphatic hydroxyl groups is 1. The summed E-state index contributed by atoms with van der Waals surface area (Å²) in [5, 5.41) is 8.42. The largest absolute Gasteiger partial charge is 0.460 e. The summed E-state index contributed by atoms with van der Waals surface area (Å²) in [5.74, 6) is 4.49. The molecule has 0 aliphatic carbocycles. The Hall–Kier alpha value is -1.81. The molecule has 0 heterocycles. The zero-order valence-corrected chi connectivity index (χ0v) is 25.2. The molecule has 0 saturated carbocycles. The second-order valence-corrected chi connectivity index (χ2v) is 8.86. The van der Waals surface area contributed by atoms with Crippen molar-refractivity contribution >= 4 is 5.97 Å². The van der Waals surface area contributed by atoms with Gasteiger partial charge in [0.05, 0.1) is 119 Å². The van der Waals surface area contributed by atoms with Crippen LogP contribution in [-0.4, -0.2) is 142 Å². The molecule has 41 heavy (non-hydrogen) atoms. The van der Waals surface area contributed by atoms with Crippen LogP contribution in [0.2, 0.25) is 0 Å². The van der Waals surface area contributed by atoms with Gasteiger partial charge in [-0.15, -0.1) is 12.8 Å². The number of hydrogen-bond donors (Lipinski definition) is 1. The van der Waals surface area contributed by atoms with Crippen LogP contribution in [0.5, 0.6) is 0 Å². The fourth-order valence-electron chi connectivity index (χ4n) is 2.41. The normalized spacial score (nSPS) is 10.9. The van der Waals surface area contributed by atoms with Gasteiger partial charge in [-0.25, -0.2) is 0 Å². The summed E-state index contributed by atoms with van der Waals surface area (Å²) in [6, 6.07) is 0. The molecule has 0 amide bonds. The predicted molar refractivity (Wildman–Crippen MR) is 153 cm³/mol. The van der Waals surface area contributed by atoms with Crippen LogP contribution in [0.15, 0.2) is 0 Å². The fourth-order valence-corrected chi connectivity index (χ4v) is 2.41. The van der Waals surface area contributed by atoms with Crippen LogP contribution in [-0.2, 0) is 52.2 Å². The summed E-state index contributed by atoms with van der Waals surface area (Å²) >= 11 is 0. The Morgan fingerprint density at radius 1 is 0.537 bits per heavy atom. The third-order valence-electron chi connectivity index (χ3n) is 4.08. The summed E-state index contributed by atoms with van der Waals surface area (Å²) < 4.78 is 51.9. The van der Waals surface area contributed by atoms with Crippen LogP contribution in [0, 0.1) is 24.7 Å². The number of ether oxygens (including phenoxy) is 10. The monoisotopic (exact) mass is 592 g/mol. The van der Waals surface area contributed by atoms with Crippen molar-refractivity contribution in [2.45, 2.75) is 32.8 Å². The lowest BCUT2D eigenvalue weighted by Gasteiger charge is -2.19. The van der Waals surface area contributed by atoms with E-state index in [-0.39, 0.29) is 19.0 Å². The molecule has 0 spiro atoms. The van der Waals surface area contributed by atoms with Gasteiger partial charge in [-0.05, 0) is 20.8 Å². The van der Waals surface area contributed by atoms with E-state index in [0.29, 0.717) is 119 Å². The average Bonchev–Trinajstić information content (AvgIpc) is 2.93. The molecule has 240 valence electrons. The van der Waals surface area contributed by atoms with E-state index in [1.807, 2.05) is 20.8 Å². The first-order valence-electron chi connectivity index (χ1n) is 13.8. The number of rotatable bonds is 28. The third-order valence-corrected chi connectivity index (χ3v) is 4.08. The van der Waals surface area contributed by atoms with E-state index < -0.39 is 5.60 Å². The van der Waals surface area contributed by atoms with Crippen molar-refractivity contribution in [3.8, 4) is 24.7 Å². The van der Waals surface area contributed by atoms with E-state index in [2.05, 4.69) is 11.8 Å². The highest BCUT2D eigenvalue weighted by Crippen LogP contribution is 2.08. The van der Waals surface area contributed by atoms with Gasteiger partial charge in [-0.1, -0.05) is 11.8 Å². The zero-order chi connectivity index (χ0) is 30.7. The van der Waals surface area contributed by atoms with Crippen molar-refractivity contribution in [2.24, 2.45) is 0 Å². The van der Waals surface area contributed by atoms with Crippen molar-refractivity contribution in [3.63, 3.8) is 0 Å². The van der Waals surface area contributed by atoms with Gasteiger partial charge in [0.25, 0.3) is 0 Å². The van der Waals surface area contributed by atoms with Crippen molar-refractivity contribution in [1.82, 2.24) is 0 Å². The highest BCUT2D eigenvalue weighted by molar-refractivity contribution is 5.69. The second-order valence-electron chi connectivity index (χ2n) is 8.86. The van der Waals surface area contributed by atoms with Crippen LogP contribution < -0.4 is 0 Å². The van der Waals surface area contributed by atoms with Gasteiger partial charge in [-0.3, -0.25) is 4.79 Å². The Balaban J connectivity index is 0. The quantitative estimate of drug-likeness (QED) is 0.0794. The van der Waals surface area contributed by atoms with Crippen molar-refractivity contribution in [3.05, 3.63) is 0 Å². The third kappa shape index (κ3) is 42.8. The molecule has 0 aliphatic rings. The van der Waals surface area contributed by atoms with E-state index in [9.17, 15) is 4.79 Å². The van der Waals surface area contributed by atoms with E-state index >= 15 is 0 Å². The second kappa shape index (κ2) is 34.4. The van der Waals surface area contributed by atoms with E-state index in [1.54, 1.807) is 0 Å². The van der Waals surface area contributed by atoms with Crippen LogP contribution in [0.4, 0.5) is 0 Å². The van der Waals surface area contributed by atoms with Crippen LogP contribution >= 0.6 is 0 Å². The maximum atomic E-state index is 11.4. The molecule has 0 bridgehead atoms. The lowest BCUT2D eigenvalue weighted by molar-refractivity contribution is -0.156. The maximum Gasteiger partial charge on any atom is 0.308 e. The molecule has 12 nitrogen and oxygen atoms in total. The zero-order valence-electron chi connectivity index (χ0n) is 25.2. The number of esters is 1. The number of aliphatic hydroxyl groups excluding tert-OH is 1. The van der Waals surface area contributed by atoms with Gasteiger partial charge in [0.15, 0.2) is 0 Å². The summed E-state index contributed by atoms with van der Waals surface area (Å²) in [7, 11) is 0. The van der Waals surface area contributed by atoms with E-state index in [1.165, 1.54) is 0 Å². The molecule has 0 fully saturated rings. The topological polar surface area (TPSA) is 130 Å². The highest BCUT2D eigenvalue weighted by Gasteiger charge is 2.15. The number of terminal acetylenes is 2. The first-order chi connectivity index (χ1) is 19.9. The molecule has 1 N–H and O–H groups in total. The molecule has 0 rings (SSSR count). The first-order valence-corrected chi connectivity index (χ1v) is 13.8. The van der Waals surface area contributed by atoms with Gasteiger partial charge in [0.1, 0.15) is 18.8 Å². The highest BCUT2D eigenvalue weighted by atomic mass is 16.6. The molecule has 12 heteroatoms. The number of hydrogen-bond acceptors (Lipinski definition) is 12. The minimum atomic E-state index is -0.457. The number of carbonyl (C=O) groups excluding carboxylic acids is 1. The van der Waals surface area contributed by atoms with Crippen LogP contribution in [0.3, 0.4) is 0 Å². The van der Waals surface area contributed by atoms with Gasteiger partial charge < -0.3 is 52.5 Å². The molecule has 0 unspecified atom stereocenters. The molecule has 0 aromatic carbocycles. The van der Waals surface area contributed by atoms with Crippen molar-refractivity contribution < 1.29 is 57.3 Å². The Kier molecular flexibility index (Phi) is 34.7. The standard InChI is InChI=1S/C18H32O7.C11H20O5/c1-5-7-20-9-11-22-13-15-24-16-14-23-12-10-21-8-6-17(19)25-18(2,3)4;1-2-4-13-6-8-15-10-11-16-9-7-14-5-3-12/h1H,6-16H2,2-4H3;1,12H,3-11H2. The van der Waals surface area contributed by atoms with Gasteiger partial charge >= 0.3 is 5.97 Å². The molecular weight excluding hydrogens is 540 g/mol. The van der Waals surface area contributed by atoms with E-state index in [0.717, 1.165) is 0 Å². The smallest absolute Gasteiger partial charge is 0.308 e. The molecule has 0 saturated heterocycles. The molecular formula is C29H52O12. The molecule has 0 aliphatic heterocycles. The number of carbonyl (C=O) groups is 1.